The summed E-state index contributed by atoms with van der Waals surface area (Å²) >= 11 is 0. The highest BCUT2D eigenvalue weighted by Gasteiger charge is 2.17. The molecule has 5 nitrogen and oxygen atoms in total. The maximum absolute atomic E-state index is 11.6. The number of hydrogen-bond acceptors (Lipinski definition) is 4. The van der Waals surface area contributed by atoms with Crippen LogP contribution in [-0.2, 0) is 4.74 Å². The van der Waals surface area contributed by atoms with Crippen LogP contribution in [0.3, 0.4) is 0 Å². The lowest BCUT2D eigenvalue weighted by molar-refractivity contribution is 0.0635. The topological polar surface area (TPSA) is 67.8 Å². The van der Waals surface area contributed by atoms with Gasteiger partial charge in [0.25, 0.3) is 0 Å². The molecule has 0 aliphatic carbocycles. The molecule has 100 valence electrons. The highest BCUT2D eigenvalue weighted by atomic mass is 16.6. The number of hydrogen-bond donors (Lipinski definition) is 2. The number of ether oxygens (including phenoxy) is 2. The van der Waals surface area contributed by atoms with Crippen molar-refractivity contribution in [2.75, 3.05) is 11.9 Å². The summed E-state index contributed by atoms with van der Waals surface area (Å²) in [4.78, 5) is 11.6. The molecule has 0 aliphatic heterocycles. The molecule has 1 amide bonds. The summed E-state index contributed by atoms with van der Waals surface area (Å²) in [5, 5.41) is 11.9. The van der Waals surface area contributed by atoms with Gasteiger partial charge < -0.3 is 14.6 Å². The number of rotatable bonds is 3. The van der Waals surface area contributed by atoms with Crippen molar-refractivity contribution in [2.45, 2.75) is 33.3 Å². The van der Waals surface area contributed by atoms with Crippen LogP contribution in [0, 0.1) is 0 Å². The summed E-state index contributed by atoms with van der Waals surface area (Å²) in [7, 11) is 0. The second-order valence-corrected chi connectivity index (χ2v) is 4.74. The molecule has 0 atom stereocenters. The lowest BCUT2D eigenvalue weighted by atomic mass is 10.2. The number of amides is 1. The maximum Gasteiger partial charge on any atom is 0.412 e. The summed E-state index contributed by atoms with van der Waals surface area (Å²) in [6, 6.07) is 4.47. The van der Waals surface area contributed by atoms with Crippen LogP contribution in [0.4, 0.5) is 10.5 Å². The van der Waals surface area contributed by atoms with Gasteiger partial charge in [-0.25, -0.2) is 4.79 Å². The summed E-state index contributed by atoms with van der Waals surface area (Å²) < 4.78 is 10.5. The first-order valence-corrected chi connectivity index (χ1v) is 5.77. The molecule has 1 rings (SSSR count). The zero-order valence-electron chi connectivity index (χ0n) is 11.1. The van der Waals surface area contributed by atoms with Crippen molar-refractivity contribution in [1.82, 2.24) is 0 Å². The fourth-order valence-electron chi connectivity index (χ4n) is 1.30. The van der Waals surface area contributed by atoms with Crippen LogP contribution in [0.25, 0.3) is 0 Å². The highest BCUT2D eigenvalue weighted by Crippen LogP contribution is 2.29. The molecule has 0 unspecified atom stereocenters. The zero-order chi connectivity index (χ0) is 13.8. The van der Waals surface area contributed by atoms with Gasteiger partial charge in [0.1, 0.15) is 17.1 Å². The van der Waals surface area contributed by atoms with E-state index >= 15 is 0 Å². The average molecular weight is 253 g/mol. The van der Waals surface area contributed by atoms with Gasteiger partial charge in [-0.3, -0.25) is 5.32 Å². The summed E-state index contributed by atoms with van der Waals surface area (Å²) in [5.74, 6) is 0.483. The first-order chi connectivity index (χ1) is 8.31. The number of anilines is 1. The fourth-order valence-corrected chi connectivity index (χ4v) is 1.30. The smallest absolute Gasteiger partial charge is 0.412 e. The number of benzene rings is 1. The number of nitrogens with one attached hydrogen (secondary N) is 1. The molecule has 0 bridgehead atoms. The van der Waals surface area contributed by atoms with Crippen molar-refractivity contribution in [3.63, 3.8) is 0 Å². The van der Waals surface area contributed by atoms with E-state index in [1.54, 1.807) is 26.8 Å². The minimum absolute atomic E-state index is 0.0770. The Bertz CT molecular complexity index is 423. The number of carbonyl (C=O) groups is 1. The van der Waals surface area contributed by atoms with Crippen molar-refractivity contribution in [3.05, 3.63) is 18.2 Å². The zero-order valence-corrected chi connectivity index (χ0v) is 11.1. The minimum atomic E-state index is -0.563. The molecule has 0 aliphatic rings. The first kappa shape index (κ1) is 14.2. The van der Waals surface area contributed by atoms with E-state index in [9.17, 15) is 9.90 Å². The summed E-state index contributed by atoms with van der Waals surface area (Å²) in [6.07, 6.45) is -0.561. The number of phenols is 1. The third kappa shape index (κ3) is 4.53. The first-order valence-electron chi connectivity index (χ1n) is 5.77. The molecular weight excluding hydrogens is 234 g/mol. The molecule has 0 aromatic heterocycles. The van der Waals surface area contributed by atoms with E-state index in [1.807, 2.05) is 6.92 Å². The molecule has 0 saturated heterocycles. The lowest BCUT2D eigenvalue weighted by Gasteiger charge is -2.20. The molecule has 5 heteroatoms. The van der Waals surface area contributed by atoms with E-state index in [-0.39, 0.29) is 5.75 Å². The second-order valence-electron chi connectivity index (χ2n) is 4.74. The van der Waals surface area contributed by atoms with E-state index in [0.29, 0.717) is 18.0 Å². The number of phenolic OH excluding ortho intramolecular Hbond substituents is 1. The Morgan fingerprint density at radius 1 is 1.39 bits per heavy atom. The van der Waals surface area contributed by atoms with Crippen molar-refractivity contribution in [1.29, 1.82) is 0 Å². The molecule has 1 aromatic rings. The van der Waals surface area contributed by atoms with Gasteiger partial charge >= 0.3 is 6.09 Å². The Hall–Kier alpha value is -1.91. The van der Waals surface area contributed by atoms with Crippen LogP contribution in [0.1, 0.15) is 27.7 Å². The molecule has 0 saturated carbocycles. The molecule has 2 N–H and O–H groups in total. The maximum atomic E-state index is 11.6. The van der Waals surface area contributed by atoms with Gasteiger partial charge in [-0.05, 0) is 39.8 Å². The largest absolute Gasteiger partial charge is 0.508 e. The van der Waals surface area contributed by atoms with Gasteiger partial charge in [-0.1, -0.05) is 0 Å². The lowest BCUT2D eigenvalue weighted by Crippen LogP contribution is -2.27. The number of carbonyl (C=O) groups excluding carboxylic acids is 1. The normalized spacial score (nSPS) is 10.9. The van der Waals surface area contributed by atoms with Gasteiger partial charge in [0.2, 0.25) is 0 Å². The van der Waals surface area contributed by atoms with Crippen molar-refractivity contribution < 1.29 is 19.4 Å². The quantitative estimate of drug-likeness (QED) is 0.812. The van der Waals surface area contributed by atoms with Crippen LogP contribution < -0.4 is 10.1 Å². The van der Waals surface area contributed by atoms with Gasteiger partial charge in [-0.2, -0.15) is 0 Å². The predicted octanol–water partition coefficient (Wildman–Crippen LogP) is 3.14. The molecule has 0 radical (unpaired) electrons. The monoisotopic (exact) mass is 253 g/mol. The van der Waals surface area contributed by atoms with Crippen LogP contribution >= 0.6 is 0 Å². The Morgan fingerprint density at radius 3 is 2.61 bits per heavy atom. The number of aromatic hydroxyl groups is 1. The molecule has 1 aromatic carbocycles. The van der Waals surface area contributed by atoms with Crippen LogP contribution in [0.2, 0.25) is 0 Å². The van der Waals surface area contributed by atoms with Crippen LogP contribution in [0.15, 0.2) is 18.2 Å². The Kier molecular flexibility index (Phi) is 4.42. The Morgan fingerprint density at radius 2 is 2.06 bits per heavy atom. The SMILES string of the molecule is CCOc1cc(O)ccc1NC(=O)OC(C)(C)C. The summed E-state index contributed by atoms with van der Waals surface area (Å²) in [6.45, 7) is 7.61. The van der Waals surface area contributed by atoms with E-state index in [2.05, 4.69) is 5.32 Å². The highest BCUT2D eigenvalue weighted by molar-refractivity contribution is 5.87. The summed E-state index contributed by atoms with van der Waals surface area (Å²) in [5.41, 5.74) is -0.101. The van der Waals surface area contributed by atoms with Crippen LogP contribution in [0.5, 0.6) is 11.5 Å². The third-order valence-electron chi connectivity index (χ3n) is 1.90. The second kappa shape index (κ2) is 5.62. The van der Waals surface area contributed by atoms with Gasteiger partial charge in [-0.15, -0.1) is 0 Å². The van der Waals surface area contributed by atoms with E-state index in [0.717, 1.165) is 0 Å². The van der Waals surface area contributed by atoms with Crippen molar-refractivity contribution in [2.24, 2.45) is 0 Å². The molecular formula is C13H19NO4. The van der Waals surface area contributed by atoms with Crippen LogP contribution in [-0.4, -0.2) is 23.4 Å². The average Bonchev–Trinajstić information content (AvgIpc) is 2.20. The van der Waals surface area contributed by atoms with Gasteiger partial charge in [0.05, 0.1) is 12.3 Å². The van der Waals surface area contributed by atoms with E-state index < -0.39 is 11.7 Å². The minimum Gasteiger partial charge on any atom is -0.508 e. The molecule has 18 heavy (non-hydrogen) atoms. The molecule has 0 fully saturated rings. The third-order valence-corrected chi connectivity index (χ3v) is 1.90. The molecule has 0 heterocycles. The van der Waals surface area contributed by atoms with Crippen molar-refractivity contribution >= 4 is 11.8 Å². The van der Waals surface area contributed by atoms with Gasteiger partial charge in [0.15, 0.2) is 0 Å². The van der Waals surface area contributed by atoms with Crippen molar-refractivity contribution in [3.8, 4) is 11.5 Å². The van der Waals surface area contributed by atoms with E-state index in [4.69, 9.17) is 9.47 Å². The van der Waals surface area contributed by atoms with E-state index in [1.165, 1.54) is 12.1 Å². The Balaban J connectivity index is 2.80. The molecule has 0 spiro atoms. The fraction of sp³-hybridized carbons (Fsp3) is 0.462. The van der Waals surface area contributed by atoms with Gasteiger partial charge in [0, 0.05) is 6.07 Å². The Labute approximate surface area is 107 Å². The standard InChI is InChI=1S/C13H19NO4/c1-5-17-11-8-9(15)6-7-10(11)14-12(16)18-13(2,3)4/h6-8,15H,5H2,1-4H3,(H,14,16). The predicted molar refractivity (Wildman–Crippen MR) is 69.1 cm³/mol.